The fraction of sp³-hybridized carbons (Fsp3) is 0.0588. The van der Waals surface area contributed by atoms with Gasteiger partial charge in [-0.2, -0.15) is 10.2 Å². The molecular formula is C34H19CrN8NaO26S6-5. The van der Waals surface area contributed by atoms with Crippen molar-refractivity contribution in [3.63, 3.8) is 0 Å². The van der Waals surface area contributed by atoms with Crippen molar-refractivity contribution >= 4 is 128 Å². The molecule has 0 amide bonds. The van der Waals surface area contributed by atoms with Gasteiger partial charge in [0.1, 0.15) is 72.5 Å². The Kier molecular flexibility index (Phi) is 19.7. The summed E-state index contributed by atoms with van der Waals surface area (Å²) in [5, 5.41) is 88.9. The Labute approximate surface area is 459 Å². The van der Waals surface area contributed by atoms with Gasteiger partial charge in [0.05, 0.1) is 52.2 Å². The topological polar surface area (TPSA) is 595 Å². The van der Waals surface area contributed by atoms with Crippen LogP contribution >= 0.6 is 0 Å². The maximum atomic E-state index is 13.0. The van der Waals surface area contributed by atoms with Gasteiger partial charge in [0.25, 0.3) is 11.4 Å². The SMILES string of the molecule is O=[N+]([O-])c1cc(N=Nc2c(S(=O)(=O)[O-])cc3ccc(NCS(=O)(=O)[O-])cc3c2[O-])c([O-])c(S(=O)(=O)[O-])c1.O=[N+]([O-])c1cc(N=Nc2c(S(=O)(=O)[O-])cc3ccc(NCS(=O)(=O)[O-])cc3c2[O-])c([O-])c(S(=O)(=O)[O-])c1.[Cr+3].[H+].[Na+]. The third-order valence-electron chi connectivity index (χ3n) is 9.03. The second-order valence-electron chi connectivity index (χ2n) is 14.0. The molecule has 0 saturated heterocycles. The standard InChI is InChI=1S/2C17H14N4O13S3.Cr.Na/c2*22-16-11-4-9(18-7-35(26,27)28)2-1-8(11)3-13(36(29,30)31)15(16)20-19-12-5-10(21(24)25)6-14(17(12)23)37(32,33)34;;/h2*1-6,18,22-23H,7H2,(H,26,27,28)(H,29,30,31)(H,32,33,34);;/q;;+3;+1/p-9. The molecule has 76 heavy (non-hydrogen) atoms. The predicted octanol–water partition coefficient (Wildman–Crippen LogP) is -2.82. The molecule has 6 aromatic carbocycles. The third-order valence-corrected chi connectivity index (χ3v) is 13.4. The first-order valence-corrected chi connectivity index (χ1v) is 27.1. The van der Waals surface area contributed by atoms with Gasteiger partial charge in [-0.3, -0.25) is 20.2 Å². The van der Waals surface area contributed by atoms with Gasteiger partial charge in [-0.05, 0) is 57.9 Å². The van der Waals surface area contributed by atoms with Gasteiger partial charge in [0.15, 0.2) is 0 Å². The molecule has 34 nitrogen and oxygen atoms in total. The molecule has 6 rings (SSSR count). The Hall–Kier alpha value is -6.37. The molecule has 42 heteroatoms. The number of anilines is 2. The van der Waals surface area contributed by atoms with Gasteiger partial charge in [-0.1, -0.05) is 35.1 Å². The molecule has 0 aliphatic rings. The number of hydrogen-bond donors (Lipinski definition) is 2. The van der Waals surface area contributed by atoms with Gasteiger partial charge >= 0.3 is 48.3 Å². The van der Waals surface area contributed by atoms with Crippen molar-refractivity contribution in [2.45, 2.75) is 19.6 Å². The molecule has 0 aromatic heterocycles. The number of nitro groups is 2. The van der Waals surface area contributed by atoms with E-state index in [2.05, 4.69) is 31.1 Å². The maximum Gasteiger partial charge on any atom is 3.00 e. The summed E-state index contributed by atoms with van der Waals surface area (Å²) in [6.45, 7) is 0. The van der Waals surface area contributed by atoms with Crippen LogP contribution in [0.3, 0.4) is 0 Å². The molecule has 0 aliphatic heterocycles. The van der Waals surface area contributed by atoms with E-state index in [1.165, 1.54) is 0 Å². The van der Waals surface area contributed by atoms with Gasteiger partial charge in [0.2, 0.25) is 0 Å². The van der Waals surface area contributed by atoms with Crippen molar-refractivity contribution in [2.24, 2.45) is 20.5 Å². The Morgan fingerprint density at radius 2 is 0.737 bits per heavy atom. The normalized spacial score (nSPS) is 12.4. The van der Waals surface area contributed by atoms with Crippen LogP contribution in [0, 0.1) is 20.2 Å². The zero-order chi connectivity index (χ0) is 55.8. The van der Waals surface area contributed by atoms with E-state index in [9.17, 15) is 118 Å². The van der Waals surface area contributed by atoms with Crippen molar-refractivity contribution in [3.8, 4) is 23.0 Å². The van der Waals surface area contributed by atoms with Crippen LogP contribution in [0.5, 0.6) is 23.0 Å². The average Bonchev–Trinajstić information content (AvgIpc) is 3.25. The minimum atomic E-state index is -5.53. The monoisotopic (exact) mass is 1220 g/mol. The van der Waals surface area contributed by atoms with E-state index < -0.39 is 159 Å². The number of benzene rings is 6. The number of fused-ring (bicyclic) bond motifs is 2. The Morgan fingerprint density at radius 3 is 1.00 bits per heavy atom. The van der Waals surface area contributed by atoms with Gasteiger partial charge in [0, 0.05) is 35.6 Å². The number of hydrogen-bond acceptors (Lipinski definition) is 32. The fourth-order valence-electron chi connectivity index (χ4n) is 5.87. The zero-order valence-corrected chi connectivity index (χ0v) is 44.7. The first-order chi connectivity index (χ1) is 33.8. The molecular weight excluding hydrogens is 1200 g/mol. The van der Waals surface area contributed by atoms with Crippen molar-refractivity contribution in [1.82, 2.24) is 0 Å². The van der Waals surface area contributed by atoms with Gasteiger partial charge in [-0.25, -0.2) is 50.5 Å². The van der Waals surface area contributed by atoms with Crippen molar-refractivity contribution < 1.29 is 156 Å². The molecule has 0 heterocycles. The van der Waals surface area contributed by atoms with Crippen LogP contribution in [0.15, 0.2) is 113 Å². The molecule has 0 fully saturated rings. The Balaban J connectivity index is 0.000000507. The molecule has 0 aliphatic carbocycles. The van der Waals surface area contributed by atoms with E-state index >= 15 is 0 Å². The van der Waals surface area contributed by atoms with E-state index in [-0.39, 0.29) is 93.4 Å². The molecule has 0 unspecified atom stereocenters. The van der Waals surface area contributed by atoms with Crippen molar-refractivity contribution in [3.05, 3.63) is 93.0 Å². The van der Waals surface area contributed by atoms with Crippen molar-refractivity contribution in [1.29, 1.82) is 0 Å². The number of rotatable bonds is 16. The predicted molar refractivity (Wildman–Crippen MR) is 230 cm³/mol. The fourth-order valence-corrected chi connectivity index (χ4v) is 9.04. The molecule has 0 saturated carbocycles. The van der Waals surface area contributed by atoms with E-state index in [4.69, 9.17) is 0 Å². The average molecular weight is 1220 g/mol. The number of nitrogens with one attached hydrogen (secondary N) is 2. The summed E-state index contributed by atoms with van der Waals surface area (Å²) < 4.78 is 203. The summed E-state index contributed by atoms with van der Waals surface area (Å²) in [7, 11) is -31.4. The van der Waals surface area contributed by atoms with Crippen LogP contribution in [-0.4, -0.2) is 99.4 Å². The molecule has 1 radical (unpaired) electrons. The van der Waals surface area contributed by atoms with Crippen LogP contribution < -0.4 is 60.6 Å². The van der Waals surface area contributed by atoms with Crippen LogP contribution in [0.1, 0.15) is 1.43 Å². The van der Waals surface area contributed by atoms with Gasteiger partial charge < -0.3 is 58.4 Å². The first-order valence-electron chi connectivity index (χ1n) is 18.3. The van der Waals surface area contributed by atoms with Crippen LogP contribution in [0.4, 0.5) is 45.5 Å². The van der Waals surface area contributed by atoms with E-state index in [1.807, 2.05) is 0 Å². The Morgan fingerprint density at radius 1 is 0.434 bits per heavy atom. The van der Waals surface area contributed by atoms with Crippen LogP contribution in [0.25, 0.3) is 21.5 Å². The second-order valence-corrected chi connectivity index (χ2v) is 22.2. The number of azo groups is 2. The third kappa shape index (κ3) is 15.9. The molecule has 0 bridgehead atoms. The van der Waals surface area contributed by atoms with Crippen LogP contribution in [0.2, 0.25) is 0 Å². The first kappa shape index (κ1) is 63.9. The minimum absolute atomic E-state index is 0. The molecule has 0 spiro atoms. The number of nitrogens with zero attached hydrogens (tertiary/aromatic N) is 6. The maximum absolute atomic E-state index is 13.0. The van der Waals surface area contributed by atoms with E-state index in [1.54, 1.807) is 0 Å². The molecule has 0 atom stereocenters. The summed E-state index contributed by atoms with van der Waals surface area (Å²) in [4.78, 5) is 14.2. The summed E-state index contributed by atoms with van der Waals surface area (Å²) in [5.74, 6) is -8.05. The number of nitro benzene ring substituents is 2. The van der Waals surface area contributed by atoms with Crippen molar-refractivity contribution in [2.75, 3.05) is 22.4 Å². The second kappa shape index (κ2) is 23.5. The van der Waals surface area contributed by atoms with Gasteiger partial charge in [-0.15, -0.1) is 10.2 Å². The summed E-state index contributed by atoms with van der Waals surface area (Å²) >= 11 is 0. The smallest absolute Gasteiger partial charge is 0.871 e. The largest absolute Gasteiger partial charge is 3.00 e. The number of non-ortho nitro benzene ring substituents is 2. The molecule has 2 N–H and O–H groups in total. The zero-order valence-electron chi connectivity index (χ0n) is 37.5. The quantitative estimate of drug-likeness (QED) is 0.0324. The van der Waals surface area contributed by atoms with E-state index in [0.717, 1.165) is 36.4 Å². The Bertz CT molecular complexity index is 3890. The minimum Gasteiger partial charge on any atom is -0.871 e. The summed E-state index contributed by atoms with van der Waals surface area (Å²) in [6, 6.07) is 9.01. The van der Waals surface area contributed by atoms with Crippen LogP contribution in [-0.2, 0) is 78.1 Å². The molecule has 6 aromatic rings. The van der Waals surface area contributed by atoms with E-state index in [0.29, 0.717) is 24.3 Å². The summed E-state index contributed by atoms with van der Waals surface area (Å²) in [6.07, 6.45) is 0. The summed E-state index contributed by atoms with van der Waals surface area (Å²) in [5.41, 5.74) is -7.00. The molecule has 399 valence electrons.